The van der Waals surface area contributed by atoms with Gasteiger partial charge in [-0.25, -0.2) is 0 Å². The van der Waals surface area contributed by atoms with E-state index in [1.165, 1.54) is 85.3 Å². The highest BCUT2D eigenvalue weighted by Gasteiger charge is 2.61. The summed E-state index contributed by atoms with van der Waals surface area (Å²) in [5.41, 5.74) is 4.18. The minimum absolute atomic E-state index is 0.377. The molecule has 0 N–H and O–H groups in total. The molecule has 0 aromatic heterocycles. The van der Waals surface area contributed by atoms with Gasteiger partial charge in [0.05, 0.1) is 0 Å². The van der Waals surface area contributed by atoms with Crippen molar-refractivity contribution < 1.29 is 47.6 Å². The molecule has 1 heterocycles. The van der Waals surface area contributed by atoms with E-state index in [2.05, 4.69) is 24.3 Å². The molecule has 48 heavy (non-hydrogen) atoms. The summed E-state index contributed by atoms with van der Waals surface area (Å²) in [5.74, 6) is -4.09. The van der Waals surface area contributed by atoms with Gasteiger partial charge in [0.1, 0.15) is 12.7 Å². The first-order valence-corrected chi connectivity index (χ1v) is 17.0. The quantitative estimate of drug-likeness (QED) is 0.208. The molecule has 11 heteroatoms. The fourth-order valence-electron chi connectivity index (χ4n) is 7.58. The van der Waals surface area contributed by atoms with Crippen molar-refractivity contribution in [2.24, 2.45) is 5.41 Å². The Hall–Kier alpha value is -3.47. The van der Waals surface area contributed by atoms with Crippen LogP contribution in [0, 0.1) is 5.41 Å². The zero-order valence-corrected chi connectivity index (χ0v) is 29.0. The molecule has 0 bridgehead atoms. The third kappa shape index (κ3) is 7.87. The maximum atomic E-state index is 12.5. The Kier molecular flexibility index (Phi) is 11.2. The van der Waals surface area contributed by atoms with E-state index in [0.29, 0.717) is 28.3 Å². The van der Waals surface area contributed by atoms with Crippen LogP contribution in [0.3, 0.4) is 0 Å². The first-order chi connectivity index (χ1) is 22.8. The number of benzene rings is 2. The molecule has 2 aromatic rings. The van der Waals surface area contributed by atoms with Crippen LogP contribution < -0.4 is 0 Å². The van der Waals surface area contributed by atoms with Gasteiger partial charge in [0, 0.05) is 45.4 Å². The number of hydrogen-bond acceptors (Lipinski definition) is 10. The molecule has 5 atom stereocenters. The van der Waals surface area contributed by atoms with Crippen molar-refractivity contribution in [2.75, 3.05) is 13.7 Å². The number of carbonyl (C=O) groups excluding carboxylic acids is 4. The van der Waals surface area contributed by atoms with Crippen LogP contribution in [0.25, 0.3) is 0 Å². The molecular weight excluding hydrogens is 640 g/mol. The van der Waals surface area contributed by atoms with E-state index in [4.69, 9.17) is 40.0 Å². The summed E-state index contributed by atoms with van der Waals surface area (Å²) in [4.78, 5) is 48.8. The molecule has 0 amide bonds. The molecule has 1 aliphatic heterocycles. The second-order valence-corrected chi connectivity index (χ2v) is 13.8. The van der Waals surface area contributed by atoms with Gasteiger partial charge in [0.15, 0.2) is 12.2 Å². The molecule has 2 aliphatic carbocycles. The largest absolute Gasteiger partial charge is 0.463 e. The molecule has 2 aromatic carbocycles. The second-order valence-electron chi connectivity index (χ2n) is 13.4. The van der Waals surface area contributed by atoms with E-state index in [-0.39, 0.29) is 6.61 Å². The summed E-state index contributed by atoms with van der Waals surface area (Å²) in [5, 5.41) is 0.498. The molecule has 1 spiro atoms. The van der Waals surface area contributed by atoms with Crippen molar-refractivity contribution in [2.45, 2.75) is 115 Å². The Morgan fingerprint density at radius 2 is 1.44 bits per heavy atom. The van der Waals surface area contributed by atoms with Gasteiger partial charge in [0.2, 0.25) is 11.9 Å². The van der Waals surface area contributed by atoms with E-state index in [1.807, 2.05) is 0 Å². The number of carbonyl (C=O) groups is 4. The van der Waals surface area contributed by atoms with Gasteiger partial charge in [0.25, 0.3) is 0 Å². The molecule has 1 saturated heterocycles. The Balaban J connectivity index is 1.47. The summed E-state index contributed by atoms with van der Waals surface area (Å²) in [6, 6.07) is 13.8. The monoisotopic (exact) mass is 684 g/mol. The molecule has 3 aliphatic rings. The van der Waals surface area contributed by atoms with Gasteiger partial charge < -0.3 is 28.4 Å². The zero-order chi connectivity index (χ0) is 34.6. The molecule has 3 fully saturated rings. The first-order valence-electron chi connectivity index (χ1n) is 16.6. The maximum Gasteiger partial charge on any atom is 0.303 e. The summed E-state index contributed by atoms with van der Waals surface area (Å²) in [6.45, 7) is 4.37. The van der Waals surface area contributed by atoms with Crippen LogP contribution in [0.4, 0.5) is 0 Å². The van der Waals surface area contributed by atoms with Crippen LogP contribution in [-0.4, -0.2) is 62.0 Å². The van der Waals surface area contributed by atoms with E-state index in [1.54, 1.807) is 18.2 Å². The SMILES string of the molecule is COC1(c2ccc(Cl)c(Cc3ccc(C4CCC5(CCC5)CC4)cc3)c2)O[C@H](COC(C)=O)[C@@H](OC(C)=O)[C@H](OC(C)=O)[C@H]1OC(C)=O. The molecule has 1 unspecified atom stereocenters. The Bertz CT molecular complexity index is 1490. The normalized spacial score (nSPS) is 26.6. The smallest absolute Gasteiger partial charge is 0.303 e. The van der Waals surface area contributed by atoms with E-state index >= 15 is 0 Å². The minimum atomic E-state index is -1.89. The highest BCUT2D eigenvalue weighted by atomic mass is 35.5. The lowest BCUT2D eigenvalue weighted by Gasteiger charge is -2.50. The fraction of sp³-hybridized carbons (Fsp3) is 0.568. The summed E-state index contributed by atoms with van der Waals surface area (Å²) in [6.07, 6.45) is 4.43. The Morgan fingerprint density at radius 1 is 0.812 bits per heavy atom. The van der Waals surface area contributed by atoms with Gasteiger partial charge in [-0.3, -0.25) is 19.2 Å². The van der Waals surface area contributed by atoms with Crippen LogP contribution >= 0.6 is 11.6 Å². The molecule has 10 nitrogen and oxygen atoms in total. The van der Waals surface area contributed by atoms with Crippen molar-refractivity contribution in [3.8, 4) is 0 Å². The van der Waals surface area contributed by atoms with Crippen LogP contribution in [0.1, 0.15) is 101 Å². The van der Waals surface area contributed by atoms with Crippen LogP contribution in [0.2, 0.25) is 5.02 Å². The van der Waals surface area contributed by atoms with Crippen LogP contribution in [0.15, 0.2) is 42.5 Å². The van der Waals surface area contributed by atoms with Gasteiger partial charge in [-0.1, -0.05) is 48.4 Å². The molecular formula is C37H45ClO10. The standard InChI is InChI=1S/C37H45ClO10/c1-22(39)44-21-32-33(45-23(2)40)34(46-24(3)41)35(47-25(4)42)37(43-5,48-32)30-11-12-31(38)29(20-30)19-26-7-9-27(10-8-26)28-13-17-36(18-14-28)15-6-16-36/h7-12,20,28,32-35H,6,13-19,21H2,1-5H3/t32-,33-,34+,35-,37?/m1/s1. The lowest BCUT2D eigenvalue weighted by Crippen LogP contribution is -2.67. The summed E-state index contributed by atoms with van der Waals surface area (Å²) >= 11 is 6.73. The number of rotatable bonds is 10. The maximum absolute atomic E-state index is 12.5. The second kappa shape index (κ2) is 15.0. The molecule has 5 rings (SSSR count). The van der Waals surface area contributed by atoms with E-state index in [0.717, 1.165) is 11.1 Å². The number of ether oxygens (including phenoxy) is 6. The van der Waals surface area contributed by atoms with Crippen molar-refractivity contribution in [3.63, 3.8) is 0 Å². The Labute approximate surface area is 286 Å². The van der Waals surface area contributed by atoms with Gasteiger partial charge in [-0.15, -0.1) is 0 Å². The third-order valence-corrected chi connectivity index (χ3v) is 10.5. The lowest BCUT2D eigenvalue weighted by molar-refractivity contribution is -0.367. The average molecular weight is 685 g/mol. The topological polar surface area (TPSA) is 124 Å². The molecule has 2 saturated carbocycles. The summed E-state index contributed by atoms with van der Waals surface area (Å²) < 4.78 is 34.6. The zero-order valence-electron chi connectivity index (χ0n) is 28.3. The van der Waals surface area contributed by atoms with Gasteiger partial charge in [-0.05, 0) is 85.1 Å². The van der Waals surface area contributed by atoms with Gasteiger partial charge in [-0.2, -0.15) is 0 Å². The number of hydrogen-bond donors (Lipinski definition) is 0. The van der Waals surface area contributed by atoms with Crippen molar-refractivity contribution >= 4 is 35.5 Å². The summed E-state index contributed by atoms with van der Waals surface area (Å²) in [7, 11) is 1.35. The van der Waals surface area contributed by atoms with Crippen LogP contribution in [0.5, 0.6) is 0 Å². The van der Waals surface area contributed by atoms with E-state index < -0.39 is 54.1 Å². The van der Waals surface area contributed by atoms with Crippen molar-refractivity contribution in [1.29, 1.82) is 0 Å². The molecule has 260 valence electrons. The minimum Gasteiger partial charge on any atom is -0.463 e. The first kappa shape index (κ1) is 35.8. The van der Waals surface area contributed by atoms with Crippen LogP contribution in [-0.2, 0) is 59.8 Å². The van der Waals surface area contributed by atoms with Crippen molar-refractivity contribution in [1.82, 2.24) is 0 Å². The van der Waals surface area contributed by atoms with Crippen molar-refractivity contribution in [3.05, 3.63) is 69.7 Å². The number of halogens is 1. The number of esters is 4. The number of methoxy groups -OCH3 is 1. The van der Waals surface area contributed by atoms with Gasteiger partial charge >= 0.3 is 23.9 Å². The highest BCUT2D eigenvalue weighted by Crippen LogP contribution is 2.54. The predicted molar refractivity (Wildman–Crippen MR) is 175 cm³/mol. The predicted octanol–water partition coefficient (Wildman–Crippen LogP) is 6.31. The van der Waals surface area contributed by atoms with E-state index in [9.17, 15) is 19.2 Å². The third-order valence-electron chi connectivity index (χ3n) is 10.1. The Morgan fingerprint density at radius 3 is 1.98 bits per heavy atom. The lowest BCUT2D eigenvalue weighted by atomic mass is 9.58. The highest BCUT2D eigenvalue weighted by molar-refractivity contribution is 6.31. The average Bonchev–Trinajstić information content (AvgIpc) is 3.02. The fourth-order valence-corrected chi connectivity index (χ4v) is 7.76. The molecule has 0 radical (unpaired) electrons.